The molecule has 0 spiro atoms. The smallest absolute Gasteiger partial charge is 0.260 e. The van der Waals surface area contributed by atoms with Crippen molar-refractivity contribution in [2.24, 2.45) is 5.92 Å². The van der Waals surface area contributed by atoms with Crippen LogP contribution < -0.4 is 10.1 Å². The van der Waals surface area contributed by atoms with Gasteiger partial charge in [0.1, 0.15) is 5.75 Å². The van der Waals surface area contributed by atoms with Crippen LogP contribution in [-0.4, -0.2) is 42.6 Å². The second kappa shape index (κ2) is 9.09. The molecule has 4 nitrogen and oxygen atoms in total. The molecule has 0 radical (unpaired) electrons. The van der Waals surface area contributed by atoms with E-state index in [0.717, 1.165) is 37.4 Å². The van der Waals surface area contributed by atoms with E-state index in [1.165, 1.54) is 32.2 Å². The van der Waals surface area contributed by atoms with E-state index in [-0.39, 0.29) is 11.9 Å². The van der Waals surface area contributed by atoms with Crippen LogP contribution in [0.1, 0.15) is 51.0 Å². The van der Waals surface area contributed by atoms with E-state index >= 15 is 0 Å². The van der Waals surface area contributed by atoms with Crippen LogP contribution in [-0.2, 0) is 4.79 Å². The van der Waals surface area contributed by atoms with Crippen LogP contribution in [0.2, 0.25) is 5.02 Å². The van der Waals surface area contributed by atoms with Gasteiger partial charge in [-0.2, -0.15) is 0 Å². The summed E-state index contributed by atoms with van der Waals surface area (Å²) >= 11 is 5.97. The lowest BCUT2D eigenvalue weighted by Gasteiger charge is -2.34. The first kappa shape index (κ1) is 19.5. The van der Waals surface area contributed by atoms with Crippen molar-refractivity contribution in [1.29, 1.82) is 0 Å². The number of carbonyl (C=O) groups is 1. The van der Waals surface area contributed by atoms with Crippen molar-refractivity contribution in [3.8, 4) is 5.75 Å². The number of carbonyl (C=O) groups excluding carboxylic acids is 1. The highest BCUT2D eigenvalue weighted by molar-refractivity contribution is 6.30. The Hall–Kier alpha value is -1.26. The summed E-state index contributed by atoms with van der Waals surface area (Å²) in [5.41, 5.74) is 0.942. The van der Waals surface area contributed by atoms with Crippen LogP contribution in [0.25, 0.3) is 0 Å². The largest absolute Gasteiger partial charge is 0.481 e. The van der Waals surface area contributed by atoms with E-state index in [0.29, 0.717) is 10.8 Å². The maximum absolute atomic E-state index is 12.5. The number of likely N-dealkylation sites (tertiary alicyclic amines) is 1. The molecule has 26 heavy (non-hydrogen) atoms. The molecule has 1 unspecified atom stereocenters. The number of halogens is 1. The van der Waals surface area contributed by atoms with E-state index < -0.39 is 6.10 Å². The van der Waals surface area contributed by atoms with Crippen LogP contribution in [0.5, 0.6) is 5.75 Å². The van der Waals surface area contributed by atoms with Gasteiger partial charge in [-0.1, -0.05) is 24.4 Å². The van der Waals surface area contributed by atoms with Crippen LogP contribution in [0.4, 0.5) is 0 Å². The summed E-state index contributed by atoms with van der Waals surface area (Å²) < 4.78 is 5.83. The Kier molecular flexibility index (Phi) is 6.82. The Balaban J connectivity index is 1.41. The predicted octanol–water partition coefficient (Wildman–Crippen LogP) is 4.19. The number of benzene rings is 1. The van der Waals surface area contributed by atoms with E-state index in [1.54, 1.807) is 13.0 Å². The minimum absolute atomic E-state index is 0.0337. The quantitative estimate of drug-likeness (QED) is 0.807. The lowest BCUT2D eigenvalue weighted by molar-refractivity contribution is -0.128. The fraction of sp³-hybridized carbons (Fsp3) is 0.667. The minimum Gasteiger partial charge on any atom is -0.481 e. The van der Waals surface area contributed by atoms with Gasteiger partial charge in [-0.05, 0) is 69.2 Å². The van der Waals surface area contributed by atoms with Gasteiger partial charge in [0.2, 0.25) is 0 Å². The lowest BCUT2D eigenvalue weighted by atomic mass is 10.0. The van der Waals surface area contributed by atoms with Gasteiger partial charge in [0, 0.05) is 30.7 Å². The molecule has 1 aliphatic heterocycles. The minimum atomic E-state index is -0.508. The molecule has 1 heterocycles. The first-order valence-electron chi connectivity index (χ1n) is 9.97. The summed E-state index contributed by atoms with van der Waals surface area (Å²) in [6.45, 7) is 7.17. The fourth-order valence-corrected chi connectivity index (χ4v) is 4.35. The summed E-state index contributed by atoms with van der Waals surface area (Å²) in [5, 5.41) is 3.84. The first-order valence-corrected chi connectivity index (χ1v) is 10.3. The van der Waals surface area contributed by atoms with Crippen LogP contribution in [0, 0.1) is 12.8 Å². The van der Waals surface area contributed by atoms with Crippen LogP contribution in [0.3, 0.4) is 0 Å². The normalized spacial score (nSPS) is 20.9. The van der Waals surface area contributed by atoms with Crippen LogP contribution in [0.15, 0.2) is 18.2 Å². The van der Waals surface area contributed by atoms with Crippen molar-refractivity contribution in [2.45, 2.75) is 64.5 Å². The third-order valence-corrected chi connectivity index (χ3v) is 5.97. The molecule has 1 saturated carbocycles. The second-order valence-electron chi connectivity index (χ2n) is 7.90. The molecule has 5 heteroatoms. The van der Waals surface area contributed by atoms with Gasteiger partial charge < -0.3 is 15.0 Å². The summed E-state index contributed by atoms with van der Waals surface area (Å²) in [5.74, 6) is 1.58. The average molecular weight is 379 g/mol. The van der Waals surface area contributed by atoms with Crippen molar-refractivity contribution >= 4 is 17.5 Å². The number of amides is 1. The van der Waals surface area contributed by atoms with Gasteiger partial charge in [0.25, 0.3) is 5.91 Å². The van der Waals surface area contributed by atoms with Gasteiger partial charge in [-0.25, -0.2) is 0 Å². The summed E-state index contributed by atoms with van der Waals surface area (Å²) in [6.07, 6.45) is 7.16. The zero-order chi connectivity index (χ0) is 18.5. The molecular weight excluding hydrogens is 348 g/mol. The molecule has 1 atom stereocenters. The molecule has 1 aromatic carbocycles. The number of piperidine rings is 1. The molecular formula is C21H31ClN2O2. The summed E-state index contributed by atoms with van der Waals surface area (Å²) in [4.78, 5) is 15.1. The van der Waals surface area contributed by atoms with E-state index in [4.69, 9.17) is 16.3 Å². The van der Waals surface area contributed by atoms with Crippen molar-refractivity contribution < 1.29 is 9.53 Å². The molecule has 1 amide bonds. The Labute approximate surface area is 162 Å². The van der Waals surface area contributed by atoms with Crippen molar-refractivity contribution in [3.05, 3.63) is 28.8 Å². The van der Waals surface area contributed by atoms with E-state index in [9.17, 15) is 4.79 Å². The van der Waals surface area contributed by atoms with Gasteiger partial charge in [0.15, 0.2) is 6.10 Å². The maximum atomic E-state index is 12.5. The average Bonchev–Trinajstić information content (AvgIpc) is 3.12. The van der Waals surface area contributed by atoms with Gasteiger partial charge in [-0.15, -0.1) is 0 Å². The zero-order valence-electron chi connectivity index (χ0n) is 16.0. The number of ether oxygens (including phenoxy) is 1. The van der Waals surface area contributed by atoms with Gasteiger partial charge in [-0.3, -0.25) is 4.79 Å². The third-order valence-electron chi connectivity index (χ3n) is 5.74. The number of hydrogen-bond acceptors (Lipinski definition) is 3. The Morgan fingerprint density at radius 1 is 1.27 bits per heavy atom. The third kappa shape index (κ3) is 5.37. The van der Waals surface area contributed by atoms with Gasteiger partial charge >= 0.3 is 0 Å². The zero-order valence-corrected chi connectivity index (χ0v) is 16.7. The van der Waals surface area contributed by atoms with Crippen molar-refractivity contribution in [3.63, 3.8) is 0 Å². The number of nitrogens with one attached hydrogen (secondary N) is 1. The number of rotatable bonds is 6. The number of hydrogen-bond donors (Lipinski definition) is 1. The molecule has 2 aliphatic rings. The Morgan fingerprint density at radius 2 is 1.96 bits per heavy atom. The molecule has 1 aliphatic carbocycles. The molecule has 0 aromatic heterocycles. The highest BCUT2D eigenvalue weighted by Gasteiger charge is 2.26. The van der Waals surface area contributed by atoms with Crippen molar-refractivity contribution in [1.82, 2.24) is 10.2 Å². The molecule has 3 rings (SSSR count). The lowest BCUT2D eigenvalue weighted by Crippen LogP contribution is -2.48. The molecule has 0 bridgehead atoms. The van der Waals surface area contributed by atoms with Gasteiger partial charge in [0.05, 0.1) is 0 Å². The monoisotopic (exact) mass is 378 g/mol. The standard InChI is InChI=1S/C21H31ClN2O2/c1-15-13-18(22)7-8-20(15)26-16(2)21(25)23-19-9-11-24(12-10-19)14-17-5-3-4-6-17/h7-8,13,16-17,19H,3-6,9-12,14H2,1-2H3,(H,23,25). The summed E-state index contributed by atoms with van der Waals surface area (Å²) in [7, 11) is 0. The SMILES string of the molecule is Cc1cc(Cl)ccc1OC(C)C(=O)NC1CCN(CC2CCCC2)CC1. The van der Waals surface area contributed by atoms with E-state index in [1.807, 2.05) is 19.1 Å². The maximum Gasteiger partial charge on any atom is 0.260 e. The topological polar surface area (TPSA) is 41.6 Å². The predicted molar refractivity (Wildman–Crippen MR) is 106 cm³/mol. The summed E-state index contributed by atoms with van der Waals surface area (Å²) in [6, 6.07) is 5.72. The van der Waals surface area contributed by atoms with Crippen molar-refractivity contribution in [2.75, 3.05) is 19.6 Å². The number of aryl methyl sites for hydroxylation is 1. The molecule has 144 valence electrons. The Bertz CT molecular complexity index is 608. The highest BCUT2D eigenvalue weighted by Crippen LogP contribution is 2.26. The molecule has 1 saturated heterocycles. The highest BCUT2D eigenvalue weighted by atomic mass is 35.5. The van der Waals surface area contributed by atoms with E-state index in [2.05, 4.69) is 10.2 Å². The first-order chi connectivity index (χ1) is 12.5. The van der Waals surface area contributed by atoms with Crippen LogP contribution >= 0.6 is 11.6 Å². The Morgan fingerprint density at radius 3 is 2.62 bits per heavy atom. The molecule has 1 aromatic rings. The number of nitrogens with zero attached hydrogens (tertiary/aromatic N) is 1. The second-order valence-corrected chi connectivity index (χ2v) is 8.34. The molecule has 2 fully saturated rings. The molecule has 1 N–H and O–H groups in total. The fourth-order valence-electron chi connectivity index (χ4n) is 4.13.